The van der Waals surface area contributed by atoms with Crippen molar-refractivity contribution in [2.24, 2.45) is 0 Å². The first kappa shape index (κ1) is 29.8. The van der Waals surface area contributed by atoms with E-state index in [2.05, 4.69) is 6.92 Å². The number of amides is 1. The van der Waals surface area contributed by atoms with Gasteiger partial charge in [-0.15, -0.1) is 0 Å². The minimum absolute atomic E-state index is 0.142. The maximum absolute atomic E-state index is 14.1. The van der Waals surface area contributed by atoms with E-state index in [-0.39, 0.29) is 11.5 Å². The molecule has 0 aliphatic heterocycles. The Morgan fingerprint density at radius 3 is 2.27 bits per heavy atom. The molecule has 0 saturated carbocycles. The summed E-state index contributed by atoms with van der Waals surface area (Å²) in [5.74, 6) is 1.78. The number of carbonyl (C=O) groups excluding carboxylic acids is 1. The molecule has 0 radical (unpaired) electrons. The minimum Gasteiger partial charge on any atom is -0.497 e. The summed E-state index contributed by atoms with van der Waals surface area (Å²) in [6.07, 6.45) is 3.21. The standard InChI is InChI=1S/C33H39N3O5/c1-5-7-23-41-27-17-13-24(14-18-27)32(37)35(21-10-22-39-3)30(6-2)31-34-29-12-9-8-11-28(29)33(38)36(31)25-15-19-26(40-4)20-16-25/h8-9,11-20,30H,5-7,10,21-23H2,1-4H3. The largest absolute Gasteiger partial charge is 0.497 e. The molecule has 1 atom stereocenters. The van der Waals surface area contributed by atoms with Crippen LogP contribution in [-0.4, -0.2) is 54.3 Å². The van der Waals surface area contributed by atoms with Crippen LogP contribution < -0.4 is 15.0 Å². The summed E-state index contributed by atoms with van der Waals surface area (Å²) in [4.78, 5) is 34.8. The normalized spacial score (nSPS) is 11.8. The minimum atomic E-state index is -0.473. The topological polar surface area (TPSA) is 82.9 Å². The summed E-state index contributed by atoms with van der Waals surface area (Å²) >= 11 is 0. The summed E-state index contributed by atoms with van der Waals surface area (Å²) in [6, 6.07) is 21.4. The molecule has 1 amide bonds. The van der Waals surface area contributed by atoms with Crippen molar-refractivity contribution >= 4 is 16.8 Å². The quantitative estimate of drug-likeness (QED) is 0.172. The monoisotopic (exact) mass is 557 g/mol. The van der Waals surface area contributed by atoms with Crippen molar-refractivity contribution in [3.63, 3.8) is 0 Å². The van der Waals surface area contributed by atoms with E-state index in [9.17, 15) is 9.59 Å². The van der Waals surface area contributed by atoms with Crippen LogP contribution in [-0.2, 0) is 4.74 Å². The fourth-order valence-electron chi connectivity index (χ4n) is 4.87. The van der Waals surface area contributed by atoms with E-state index in [4.69, 9.17) is 19.2 Å². The Labute approximate surface area is 241 Å². The smallest absolute Gasteiger partial charge is 0.266 e. The van der Waals surface area contributed by atoms with Crippen LogP contribution in [0.5, 0.6) is 11.5 Å². The van der Waals surface area contributed by atoms with Gasteiger partial charge in [0.1, 0.15) is 17.3 Å². The highest BCUT2D eigenvalue weighted by Crippen LogP contribution is 2.29. The lowest BCUT2D eigenvalue weighted by Gasteiger charge is -2.32. The molecule has 1 heterocycles. The van der Waals surface area contributed by atoms with Crippen molar-refractivity contribution in [2.45, 2.75) is 45.6 Å². The third kappa shape index (κ3) is 6.95. The molecule has 216 valence electrons. The fourth-order valence-corrected chi connectivity index (χ4v) is 4.87. The zero-order valence-corrected chi connectivity index (χ0v) is 24.3. The predicted octanol–water partition coefficient (Wildman–Crippen LogP) is 6.20. The van der Waals surface area contributed by atoms with Gasteiger partial charge in [-0.05, 0) is 79.9 Å². The van der Waals surface area contributed by atoms with Gasteiger partial charge in [-0.25, -0.2) is 4.98 Å². The van der Waals surface area contributed by atoms with Crippen molar-refractivity contribution in [1.29, 1.82) is 0 Å². The maximum Gasteiger partial charge on any atom is 0.266 e. The lowest BCUT2D eigenvalue weighted by atomic mass is 10.1. The number of methoxy groups -OCH3 is 2. The van der Waals surface area contributed by atoms with E-state index in [1.54, 1.807) is 37.0 Å². The first-order valence-corrected chi connectivity index (χ1v) is 14.2. The number of benzene rings is 3. The molecule has 8 heteroatoms. The number of ether oxygens (including phenoxy) is 3. The van der Waals surface area contributed by atoms with E-state index >= 15 is 0 Å². The van der Waals surface area contributed by atoms with Crippen LogP contribution in [0.1, 0.15) is 61.8 Å². The van der Waals surface area contributed by atoms with Crippen molar-refractivity contribution < 1.29 is 19.0 Å². The number of unbranched alkanes of at least 4 members (excludes halogenated alkanes) is 1. The number of hydrogen-bond acceptors (Lipinski definition) is 6. The second-order valence-corrected chi connectivity index (χ2v) is 9.82. The average Bonchev–Trinajstić information content (AvgIpc) is 3.01. The second kappa shape index (κ2) is 14.5. The van der Waals surface area contributed by atoms with Gasteiger partial charge >= 0.3 is 0 Å². The zero-order chi connectivity index (χ0) is 29.2. The van der Waals surface area contributed by atoms with E-state index in [1.165, 1.54) is 0 Å². The van der Waals surface area contributed by atoms with Gasteiger partial charge in [0, 0.05) is 25.8 Å². The van der Waals surface area contributed by atoms with E-state index < -0.39 is 6.04 Å². The summed E-state index contributed by atoms with van der Waals surface area (Å²) < 4.78 is 18.1. The number of nitrogens with zero attached hydrogens (tertiary/aromatic N) is 3. The zero-order valence-electron chi connectivity index (χ0n) is 24.3. The molecule has 0 bridgehead atoms. The number of rotatable bonds is 14. The number of fused-ring (bicyclic) bond motifs is 1. The lowest BCUT2D eigenvalue weighted by Crippen LogP contribution is -2.39. The van der Waals surface area contributed by atoms with Crippen molar-refractivity contribution in [1.82, 2.24) is 14.5 Å². The molecule has 1 unspecified atom stereocenters. The average molecular weight is 558 g/mol. The van der Waals surface area contributed by atoms with Gasteiger partial charge in [-0.2, -0.15) is 0 Å². The Bertz CT molecular complexity index is 1480. The van der Waals surface area contributed by atoms with Crippen LogP contribution in [0.25, 0.3) is 16.6 Å². The van der Waals surface area contributed by atoms with E-state index in [1.807, 2.05) is 66.4 Å². The molecular formula is C33H39N3O5. The van der Waals surface area contributed by atoms with Crippen LogP contribution >= 0.6 is 0 Å². The number of para-hydroxylation sites is 1. The van der Waals surface area contributed by atoms with E-state index in [0.717, 1.165) is 18.6 Å². The number of aromatic nitrogens is 2. The molecule has 0 fully saturated rings. The lowest BCUT2D eigenvalue weighted by molar-refractivity contribution is 0.0634. The molecule has 0 saturated heterocycles. The van der Waals surface area contributed by atoms with Crippen LogP contribution in [0.4, 0.5) is 0 Å². The summed E-state index contributed by atoms with van der Waals surface area (Å²) in [7, 11) is 3.25. The van der Waals surface area contributed by atoms with Crippen molar-refractivity contribution in [2.75, 3.05) is 34.0 Å². The van der Waals surface area contributed by atoms with Crippen LogP contribution in [0, 0.1) is 0 Å². The predicted molar refractivity (Wildman–Crippen MR) is 161 cm³/mol. The van der Waals surface area contributed by atoms with Gasteiger partial charge in [-0.1, -0.05) is 32.4 Å². The highest BCUT2D eigenvalue weighted by atomic mass is 16.5. The van der Waals surface area contributed by atoms with Crippen LogP contribution in [0.3, 0.4) is 0 Å². The van der Waals surface area contributed by atoms with Crippen LogP contribution in [0.2, 0.25) is 0 Å². The van der Waals surface area contributed by atoms with Gasteiger partial charge < -0.3 is 19.1 Å². The molecule has 0 N–H and O–H groups in total. The van der Waals surface area contributed by atoms with Crippen molar-refractivity contribution in [3.8, 4) is 17.2 Å². The molecule has 3 aromatic carbocycles. The molecular weight excluding hydrogens is 518 g/mol. The summed E-state index contributed by atoms with van der Waals surface area (Å²) in [5, 5.41) is 0.512. The third-order valence-electron chi connectivity index (χ3n) is 7.07. The fraction of sp³-hybridized carbons (Fsp3) is 0.364. The SMILES string of the molecule is CCCCOc1ccc(C(=O)N(CCCOC)C(CC)c2nc3ccccc3c(=O)n2-c2ccc(OC)cc2)cc1. The Balaban J connectivity index is 1.80. The van der Waals surface area contributed by atoms with Crippen molar-refractivity contribution in [3.05, 3.63) is 94.5 Å². The molecule has 8 nitrogen and oxygen atoms in total. The molecule has 0 aliphatic carbocycles. The Kier molecular flexibility index (Phi) is 10.5. The Morgan fingerprint density at radius 1 is 0.902 bits per heavy atom. The van der Waals surface area contributed by atoms with Gasteiger partial charge in [0.15, 0.2) is 0 Å². The molecule has 0 aliphatic rings. The highest BCUT2D eigenvalue weighted by molar-refractivity contribution is 5.94. The van der Waals surface area contributed by atoms with Crippen LogP contribution in [0.15, 0.2) is 77.6 Å². The van der Waals surface area contributed by atoms with Gasteiger partial charge in [0.05, 0.1) is 36.3 Å². The molecule has 41 heavy (non-hydrogen) atoms. The summed E-state index contributed by atoms with van der Waals surface area (Å²) in [5.41, 5.74) is 1.60. The third-order valence-corrected chi connectivity index (χ3v) is 7.07. The molecule has 4 rings (SSSR count). The first-order valence-electron chi connectivity index (χ1n) is 14.2. The maximum atomic E-state index is 14.1. The van der Waals surface area contributed by atoms with Gasteiger partial charge in [-0.3, -0.25) is 14.2 Å². The molecule has 0 spiro atoms. The molecule has 1 aromatic heterocycles. The first-order chi connectivity index (χ1) is 20.0. The number of carbonyl (C=O) groups is 1. The second-order valence-electron chi connectivity index (χ2n) is 9.82. The van der Waals surface area contributed by atoms with E-state index in [0.29, 0.717) is 66.3 Å². The van der Waals surface area contributed by atoms with Gasteiger partial charge in [0.2, 0.25) is 0 Å². The Hall–Kier alpha value is -4.17. The number of hydrogen-bond donors (Lipinski definition) is 0. The highest BCUT2D eigenvalue weighted by Gasteiger charge is 2.29. The Morgan fingerprint density at radius 2 is 1.61 bits per heavy atom. The molecule has 4 aromatic rings. The summed E-state index contributed by atoms with van der Waals surface area (Å²) in [6.45, 7) is 5.70. The van der Waals surface area contributed by atoms with Gasteiger partial charge in [0.25, 0.3) is 11.5 Å².